The SMILES string of the molecule is CN(C(=O)c1ccco1)C(Cc1ccc(F)cc1F)C1CCN(Cc2ccc3c(c2)OCO3)CC1. The molecule has 1 fully saturated rings. The number of hydrogen-bond donors (Lipinski definition) is 0. The van der Waals surface area contributed by atoms with Crippen LogP contribution in [0.25, 0.3) is 0 Å². The number of likely N-dealkylation sites (tertiary alicyclic amines) is 1. The number of benzene rings is 2. The standard InChI is InChI=1S/C27H28F2N2O4/c1-30(27(32)25-3-2-12-33-25)23(14-20-5-6-21(28)15-22(20)29)19-8-10-31(11-9-19)16-18-4-7-24-26(13-18)35-17-34-24/h2-7,12-13,15,19,23H,8-11,14,16-17H2,1H3. The number of piperidine rings is 1. The van der Waals surface area contributed by atoms with E-state index in [-0.39, 0.29) is 30.4 Å². The molecule has 1 atom stereocenters. The van der Waals surface area contributed by atoms with Gasteiger partial charge in [0.1, 0.15) is 11.6 Å². The first-order chi connectivity index (χ1) is 17.0. The number of fused-ring (bicyclic) bond motifs is 1. The van der Waals surface area contributed by atoms with Gasteiger partial charge >= 0.3 is 0 Å². The fraction of sp³-hybridized carbons (Fsp3) is 0.370. The molecule has 0 N–H and O–H groups in total. The van der Waals surface area contributed by atoms with Crippen molar-refractivity contribution in [2.45, 2.75) is 31.8 Å². The van der Waals surface area contributed by atoms with Gasteiger partial charge in [-0.3, -0.25) is 9.69 Å². The first-order valence-electron chi connectivity index (χ1n) is 11.8. The molecule has 6 nitrogen and oxygen atoms in total. The molecule has 184 valence electrons. The molecule has 2 aliphatic heterocycles. The highest BCUT2D eigenvalue weighted by Gasteiger charge is 2.33. The van der Waals surface area contributed by atoms with Gasteiger partial charge in [0.15, 0.2) is 17.3 Å². The molecule has 0 saturated carbocycles. The number of carbonyl (C=O) groups is 1. The highest BCUT2D eigenvalue weighted by molar-refractivity contribution is 5.91. The second kappa shape index (κ2) is 10.1. The predicted octanol–water partition coefficient (Wildman–Crippen LogP) is 4.88. The Morgan fingerprint density at radius 2 is 1.89 bits per heavy atom. The van der Waals surface area contributed by atoms with Crippen LogP contribution < -0.4 is 9.47 Å². The highest BCUT2D eigenvalue weighted by atomic mass is 19.1. The molecule has 2 aliphatic rings. The molecule has 0 aliphatic carbocycles. The number of nitrogens with zero attached hydrogens (tertiary/aromatic N) is 2. The maximum Gasteiger partial charge on any atom is 0.289 e. The molecule has 1 saturated heterocycles. The summed E-state index contributed by atoms with van der Waals surface area (Å²) in [5, 5.41) is 0. The smallest absolute Gasteiger partial charge is 0.289 e. The number of rotatable bonds is 7. The molecular weight excluding hydrogens is 454 g/mol. The van der Waals surface area contributed by atoms with Crippen LogP contribution in [0.4, 0.5) is 8.78 Å². The van der Waals surface area contributed by atoms with Crippen molar-refractivity contribution in [1.82, 2.24) is 9.80 Å². The zero-order chi connectivity index (χ0) is 24.4. The summed E-state index contributed by atoms with van der Waals surface area (Å²) < 4.78 is 44.2. The second-order valence-electron chi connectivity index (χ2n) is 9.20. The van der Waals surface area contributed by atoms with Gasteiger partial charge in [0.25, 0.3) is 5.91 Å². The molecule has 1 amide bonds. The Morgan fingerprint density at radius 3 is 2.63 bits per heavy atom. The van der Waals surface area contributed by atoms with Crippen molar-refractivity contribution in [3.05, 3.63) is 83.3 Å². The minimum atomic E-state index is -0.611. The molecule has 2 aromatic carbocycles. The van der Waals surface area contributed by atoms with Crippen molar-refractivity contribution in [3.8, 4) is 11.5 Å². The fourth-order valence-electron chi connectivity index (χ4n) is 5.05. The lowest BCUT2D eigenvalue weighted by molar-refractivity contribution is 0.0554. The van der Waals surface area contributed by atoms with Gasteiger partial charge in [0, 0.05) is 25.7 Å². The lowest BCUT2D eigenvalue weighted by Crippen LogP contribution is -2.47. The van der Waals surface area contributed by atoms with Crippen LogP contribution in [-0.4, -0.2) is 48.7 Å². The number of amides is 1. The number of carbonyl (C=O) groups excluding carboxylic acids is 1. The summed E-state index contributed by atoms with van der Waals surface area (Å²) in [6, 6.07) is 12.7. The van der Waals surface area contributed by atoms with Crippen molar-refractivity contribution in [1.29, 1.82) is 0 Å². The average Bonchev–Trinajstić information content (AvgIpc) is 3.56. The Hall–Kier alpha value is -3.39. The summed E-state index contributed by atoms with van der Waals surface area (Å²) in [6.45, 7) is 2.75. The molecule has 1 unspecified atom stereocenters. The lowest BCUT2D eigenvalue weighted by Gasteiger charge is -2.40. The van der Waals surface area contributed by atoms with Crippen LogP contribution in [0.5, 0.6) is 11.5 Å². The van der Waals surface area contributed by atoms with E-state index in [0.29, 0.717) is 12.0 Å². The minimum Gasteiger partial charge on any atom is -0.459 e. The van der Waals surface area contributed by atoms with Crippen molar-refractivity contribution < 1.29 is 27.5 Å². The second-order valence-corrected chi connectivity index (χ2v) is 9.20. The Balaban J connectivity index is 1.28. The van der Waals surface area contributed by atoms with Gasteiger partial charge in [-0.2, -0.15) is 0 Å². The molecule has 3 heterocycles. The van der Waals surface area contributed by atoms with Crippen LogP contribution in [0.2, 0.25) is 0 Å². The van der Waals surface area contributed by atoms with E-state index >= 15 is 0 Å². The van der Waals surface area contributed by atoms with Gasteiger partial charge in [-0.25, -0.2) is 8.78 Å². The van der Waals surface area contributed by atoms with Gasteiger partial charge in [0.2, 0.25) is 6.79 Å². The third-order valence-electron chi connectivity index (χ3n) is 7.01. The van der Waals surface area contributed by atoms with E-state index in [2.05, 4.69) is 11.0 Å². The Bertz CT molecular complexity index is 1180. The van der Waals surface area contributed by atoms with Gasteiger partial charge < -0.3 is 18.8 Å². The number of hydrogen-bond acceptors (Lipinski definition) is 5. The fourth-order valence-corrected chi connectivity index (χ4v) is 5.05. The molecular formula is C27H28F2N2O4. The summed E-state index contributed by atoms with van der Waals surface area (Å²) in [7, 11) is 1.73. The molecule has 5 rings (SSSR count). The Morgan fingerprint density at radius 1 is 1.09 bits per heavy atom. The average molecular weight is 483 g/mol. The zero-order valence-corrected chi connectivity index (χ0v) is 19.6. The minimum absolute atomic E-state index is 0.163. The van der Waals surface area contributed by atoms with Crippen molar-refractivity contribution in [3.63, 3.8) is 0 Å². The highest BCUT2D eigenvalue weighted by Crippen LogP contribution is 2.34. The number of furan rings is 1. The molecule has 35 heavy (non-hydrogen) atoms. The van der Waals surface area contributed by atoms with E-state index in [4.69, 9.17) is 13.9 Å². The van der Waals surface area contributed by atoms with E-state index in [1.54, 1.807) is 24.1 Å². The van der Waals surface area contributed by atoms with Gasteiger partial charge in [-0.15, -0.1) is 0 Å². The predicted molar refractivity (Wildman–Crippen MR) is 125 cm³/mol. The molecule has 0 radical (unpaired) electrons. The topological polar surface area (TPSA) is 55.2 Å². The van der Waals surface area contributed by atoms with E-state index in [1.165, 1.54) is 18.4 Å². The van der Waals surface area contributed by atoms with Crippen LogP contribution >= 0.6 is 0 Å². The zero-order valence-electron chi connectivity index (χ0n) is 19.6. The Kier molecular flexibility index (Phi) is 6.72. The van der Waals surface area contributed by atoms with Crippen LogP contribution in [0.15, 0.2) is 59.2 Å². The Labute approximate surface area is 203 Å². The van der Waals surface area contributed by atoms with Crippen molar-refractivity contribution in [2.24, 2.45) is 5.92 Å². The maximum absolute atomic E-state index is 14.5. The summed E-state index contributed by atoms with van der Waals surface area (Å²) in [5.41, 5.74) is 1.56. The van der Waals surface area contributed by atoms with E-state index in [0.717, 1.165) is 55.6 Å². The molecule has 1 aromatic heterocycles. The molecule has 3 aromatic rings. The van der Waals surface area contributed by atoms with Gasteiger partial charge in [-0.1, -0.05) is 12.1 Å². The van der Waals surface area contributed by atoms with Crippen LogP contribution in [0, 0.1) is 17.6 Å². The van der Waals surface area contributed by atoms with Crippen LogP contribution in [0.1, 0.15) is 34.5 Å². The summed E-state index contributed by atoms with van der Waals surface area (Å²) in [4.78, 5) is 17.1. The number of halogens is 2. The normalized spacial score (nSPS) is 16.9. The van der Waals surface area contributed by atoms with Gasteiger partial charge in [0.05, 0.1) is 6.26 Å². The number of ether oxygens (including phenoxy) is 2. The van der Waals surface area contributed by atoms with E-state index in [9.17, 15) is 13.6 Å². The van der Waals surface area contributed by atoms with Crippen LogP contribution in [0.3, 0.4) is 0 Å². The largest absolute Gasteiger partial charge is 0.459 e. The first-order valence-corrected chi connectivity index (χ1v) is 11.8. The lowest BCUT2D eigenvalue weighted by atomic mass is 9.84. The number of likely N-dealkylation sites (N-methyl/N-ethyl adjacent to an activating group) is 1. The van der Waals surface area contributed by atoms with E-state index < -0.39 is 11.6 Å². The molecule has 0 bridgehead atoms. The quantitative estimate of drug-likeness (QED) is 0.480. The van der Waals surface area contributed by atoms with Crippen molar-refractivity contribution in [2.75, 3.05) is 26.9 Å². The van der Waals surface area contributed by atoms with Crippen molar-refractivity contribution >= 4 is 5.91 Å². The first kappa shape index (κ1) is 23.4. The van der Waals surface area contributed by atoms with Crippen LogP contribution in [-0.2, 0) is 13.0 Å². The van der Waals surface area contributed by atoms with Gasteiger partial charge in [-0.05, 0) is 79.7 Å². The summed E-state index contributed by atoms with van der Waals surface area (Å²) >= 11 is 0. The summed E-state index contributed by atoms with van der Waals surface area (Å²) in [5.74, 6) is 0.511. The molecule has 0 spiro atoms. The maximum atomic E-state index is 14.5. The molecule has 8 heteroatoms. The third kappa shape index (κ3) is 5.17. The monoisotopic (exact) mass is 482 g/mol. The summed E-state index contributed by atoms with van der Waals surface area (Å²) in [6.07, 6.45) is 3.48. The third-order valence-corrected chi connectivity index (χ3v) is 7.01. The van der Waals surface area contributed by atoms with E-state index in [1.807, 2.05) is 12.1 Å².